The van der Waals surface area contributed by atoms with Crippen molar-refractivity contribution in [2.75, 3.05) is 49.8 Å². The fraction of sp³-hybridized carbons (Fsp3) is 0.588. The van der Waals surface area contributed by atoms with Gasteiger partial charge in [0.05, 0.1) is 11.9 Å². The van der Waals surface area contributed by atoms with Gasteiger partial charge in [0.2, 0.25) is 15.9 Å². The molecule has 0 aliphatic carbocycles. The fourth-order valence-corrected chi connectivity index (χ4v) is 3.82. The van der Waals surface area contributed by atoms with Crippen molar-refractivity contribution in [3.8, 4) is 0 Å². The standard InChI is InChI=1S/C17H27N3O3S/c1-5-18-9-11-19(12-10-18)17(21)13-20(24(4,22)23)16-8-6-7-14(2)15(16)3/h6-8H,5,9-13H2,1-4H3. The number of likely N-dealkylation sites (N-methyl/N-ethyl adjacent to an activating group) is 1. The van der Waals surface area contributed by atoms with Gasteiger partial charge in [0, 0.05) is 26.2 Å². The number of sulfonamides is 1. The van der Waals surface area contributed by atoms with Crippen LogP contribution in [0.4, 0.5) is 5.69 Å². The number of hydrogen-bond acceptors (Lipinski definition) is 4. The lowest BCUT2D eigenvalue weighted by atomic mass is 10.1. The van der Waals surface area contributed by atoms with E-state index in [4.69, 9.17) is 0 Å². The van der Waals surface area contributed by atoms with Gasteiger partial charge in [-0.1, -0.05) is 19.1 Å². The van der Waals surface area contributed by atoms with Gasteiger partial charge in [0.25, 0.3) is 0 Å². The van der Waals surface area contributed by atoms with Crippen molar-refractivity contribution in [2.24, 2.45) is 0 Å². The molecule has 0 aromatic heterocycles. The van der Waals surface area contributed by atoms with Crippen LogP contribution in [-0.4, -0.2) is 69.6 Å². The molecule has 1 aliphatic rings. The maximum Gasteiger partial charge on any atom is 0.243 e. The highest BCUT2D eigenvalue weighted by molar-refractivity contribution is 7.92. The van der Waals surface area contributed by atoms with Gasteiger partial charge in [-0.15, -0.1) is 0 Å². The fourth-order valence-electron chi connectivity index (χ4n) is 2.92. The quantitative estimate of drug-likeness (QED) is 0.799. The molecular formula is C17H27N3O3S. The van der Waals surface area contributed by atoms with Crippen molar-refractivity contribution >= 4 is 21.6 Å². The smallest absolute Gasteiger partial charge is 0.243 e. The van der Waals surface area contributed by atoms with E-state index in [9.17, 15) is 13.2 Å². The van der Waals surface area contributed by atoms with Crippen molar-refractivity contribution in [3.63, 3.8) is 0 Å². The Morgan fingerprint density at radius 2 is 1.79 bits per heavy atom. The summed E-state index contributed by atoms with van der Waals surface area (Å²) in [6, 6.07) is 5.51. The summed E-state index contributed by atoms with van der Waals surface area (Å²) in [6.07, 6.45) is 1.15. The summed E-state index contributed by atoms with van der Waals surface area (Å²) in [5, 5.41) is 0. The molecule has 0 spiro atoms. The molecule has 1 heterocycles. The van der Waals surface area contributed by atoms with Gasteiger partial charge < -0.3 is 9.80 Å². The van der Waals surface area contributed by atoms with Crippen LogP contribution in [0.2, 0.25) is 0 Å². The molecule has 0 N–H and O–H groups in total. The monoisotopic (exact) mass is 353 g/mol. The highest BCUT2D eigenvalue weighted by Gasteiger charge is 2.27. The van der Waals surface area contributed by atoms with Crippen LogP contribution in [0, 0.1) is 13.8 Å². The summed E-state index contributed by atoms with van der Waals surface area (Å²) < 4.78 is 25.7. The second-order valence-electron chi connectivity index (χ2n) is 6.30. The van der Waals surface area contributed by atoms with Crippen molar-refractivity contribution in [3.05, 3.63) is 29.3 Å². The number of nitrogens with zero attached hydrogens (tertiary/aromatic N) is 3. The van der Waals surface area contributed by atoms with Crippen LogP contribution in [0.15, 0.2) is 18.2 Å². The highest BCUT2D eigenvalue weighted by atomic mass is 32.2. The van der Waals surface area contributed by atoms with E-state index in [1.54, 1.807) is 11.0 Å². The average Bonchev–Trinajstić information content (AvgIpc) is 2.54. The molecule has 134 valence electrons. The molecule has 0 atom stereocenters. The number of aryl methyl sites for hydroxylation is 1. The van der Waals surface area contributed by atoms with Crippen molar-refractivity contribution < 1.29 is 13.2 Å². The average molecular weight is 353 g/mol. The van der Waals surface area contributed by atoms with E-state index in [-0.39, 0.29) is 12.5 Å². The van der Waals surface area contributed by atoms with Crippen LogP contribution in [0.25, 0.3) is 0 Å². The summed E-state index contributed by atoms with van der Waals surface area (Å²) in [5.74, 6) is -0.142. The van der Waals surface area contributed by atoms with Crippen LogP contribution < -0.4 is 4.31 Å². The Morgan fingerprint density at radius 1 is 1.17 bits per heavy atom. The first-order valence-corrected chi connectivity index (χ1v) is 10.1. The third kappa shape index (κ3) is 4.27. The van der Waals surface area contributed by atoms with Crippen LogP contribution in [0.5, 0.6) is 0 Å². The topological polar surface area (TPSA) is 60.9 Å². The molecule has 7 heteroatoms. The summed E-state index contributed by atoms with van der Waals surface area (Å²) in [4.78, 5) is 16.7. The zero-order valence-electron chi connectivity index (χ0n) is 14.9. The lowest BCUT2D eigenvalue weighted by molar-refractivity contribution is -0.131. The van der Waals surface area contributed by atoms with Gasteiger partial charge in [-0.25, -0.2) is 8.42 Å². The van der Waals surface area contributed by atoms with E-state index < -0.39 is 10.0 Å². The van der Waals surface area contributed by atoms with Gasteiger partial charge in [-0.05, 0) is 37.6 Å². The molecule has 6 nitrogen and oxygen atoms in total. The van der Waals surface area contributed by atoms with E-state index in [2.05, 4.69) is 11.8 Å². The van der Waals surface area contributed by atoms with E-state index in [0.29, 0.717) is 18.8 Å². The third-order valence-corrected chi connectivity index (χ3v) is 5.82. The Hall–Kier alpha value is -1.60. The Labute approximate surface area is 145 Å². The van der Waals surface area contributed by atoms with Gasteiger partial charge >= 0.3 is 0 Å². The van der Waals surface area contributed by atoms with Crippen LogP contribution in [-0.2, 0) is 14.8 Å². The number of hydrogen-bond donors (Lipinski definition) is 0. The van der Waals surface area contributed by atoms with Gasteiger partial charge in [0.1, 0.15) is 6.54 Å². The molecule has 1 saturated heterocycles. The van der Waals surface area contributed by atoms with Gasteiger partial charge in [-0.3, -0.25) is 9.10 Å². The van der Waals surface area contributed by atoms with E-state index in [1.165, 1.54) is 4.31 Å². The minimum absolute atomic E-state index is 0.142. The first kappa shape index (κ1) is 18.7. The Morgan fingerprint density at radius 3 is 2.33 bits per heavy atom. The van der Waals surface area contributed by atoms with Crippen molar-refractivity contribution in [1.82, 2.24) is 9.80 Å². The molecular weight excluding hydrogens is 326 g/mol. The molecule has 0 saturated carbocycles. The molecule has 1 fully saturated rings. The number of rotatable bonds is 5. The number of amides is 1. The predicted molar refractivity (Wildman–Crippen MR) is 96.8 cm³/mol. The first-order valence-electron chi connectivity index (χ1n) is 8.28. The van der Waals surface area contributed by atoms with Crippen molar-refractivity contribution in [2.45, 2.75) is 20.8 Å². The molecule has 0 bridgehead atoms. The highest BCUT2D eigenvalue weighted by Crippen LogP contribution is 2.25. The van der Waals surface area contributed by atoms with Gasteiger partial charge in [0.15, 0.2) is 0 Å². The second-order valence-corrected chi connectivity index (χ2v) is 8.21. The van der Waals surface area contributed by atoms with E-state index >= 15 is 0 Å². The molecule has 0 unspecified atom stereocenters. The lowest BCUT2D eigenvalue weighted by Crippen LogP contribution is -2.51. The van der Waals surface area contributed by atoms with Gasteiger partial charge in [-0.2, -0.15) is 0 Å². The normalized spacial score (nSPS) is 16.2. The number of carbonyl (C=O) groups is 1. The largest absolute Gasteiger partial charge is 0.339 e. The Bertz CT molecular complexity index is 695. The first-order chi connectivity index (χ1) is 11.2. The molecule has 1 aliphatic heterocycles. The van der Waals surface area contributed by atoms with Crippen LogP contribution >= 0.6 is 0 Å². The molecule has 0 radical (unpaired) electrons. The zero-order chi connectivity index (χ0) is 17.9. The number of anilines is 1. The molecule has 24 heavy (non-hydrogen) atoms. The van der Waals surface area contributed by atoms with Crippen molar-refractivity contribution in [1.29, 1.82) is 0 Å². The zero-order valence-corrected chi connectivity index (χ0v) is 15.8. The molecule has 1 aromatic rings. The second kappa shape index (κ2) is 7.53. The summed E-state index contributed by atoms with van der Waals surface area (Å²) >= 11 is 0. The molecule has 1 aromatic carbocycles. The third-order valence-electron chi connectivity index (χ3n) is 4.70. The maximum atomic E-state index is 12.6. The number of benzene rings is 1. The van der Waals surface area contributed by atoms with E-state index in [1.807, 2.05) is 26.0 Å². The molecule has 2 rings (SSSR count). The SMILES string of the molecule is CCN1CCN(C(=O)CN(c2cccc(C)c2C)S(C)(=O)=O)CC1. The summed E-state index contributed by atoms with van der Waals surface area (Å²) in [5.41, 5.74) is 2.47. The van der Waals surface area contributed by atoms with Crippen LogP contribution in [0.1, 0.15) is 18.1 Å². The summed E-state index contributed by atoms with van der Waals surface area (Å²) in [7, 11) is -3.53. The molecule has 1 amide bonds. The number of carbonyl (C=O) groups excluding carboxylic acids is 1. The Kier molecular flexibility index (Phi) is 5.87. The Balaban J connectivity index is 2.19. The minimum Gasteiger partial charge on any atom is -0.339 e. The summed E-state index contributed by atoms with van der Waals surface area (Å²) in [6.45, 7) is 9.72. The predicted octanol–water partition coefficient (Wildman–Crippen LogP) is 1.23. The maximum absolute atomic E-state index is 12.6. The van der Waals surface area contributed by atoms with Crippen LogP contribution in [0.3, 0.4) is 0 Å². The lowest BCUT2D eigenvalue weighted by Gasteiger charge is -2.35. The minimum atomic E-state index is -3.53. The number of piperazine rings is 1. The van der Waals surface area contributed by atoms with E-state index in [0.717, 1.165) is 37.0 Å².